The Balaban J connectivity index is 1.21. The quantitative estimate of drug-likeness (QED) is 0.0560. The van der Waals surface area contributed by atoms with Gasteiger partial charge in [-0.15, -0.1) is 11.3 Å². The van der Waals surface area contributed by atoms with Gasteiger partial charge < -0.3 is 15.5 Å². The highest BCUT2D eigenvalue weighted by Crippen LogP contribution is 2.40. The Bertz CT molecular complexity index is 1970. The van der Waals surface area contributed by atoms with Crippen molar-refractivity contribution in [1.29, 1.82) is 10.8 Å². The lowest BCUT2D eigenvalue weighted by Crippen LogP contribution is -2.53. The number of fused-ring (bicyclic) bond motifs is 1. The number of piperidine rings is 1. The van der Waals surface area contributed by atoms with Crippen LogP contribution >= 0.6 is 22.9 Å². The van der Waals surface area contributed by atoms with Gasteiger partial charge in [0.2, 0.25) is 17.7 Å². The molecule has 1 aromatic heterocycles. The number of hydrogen-bond acceptors (Lipinski definition) is 10. The minimum absolute atomic E-state index is 0.0458. The standard InChI is InChI=1S/C37H41ClN8O5S/c1-20-21(2)52-37-31(20)33(23-10-12-25(38)13-11-23)43-27(34(40)46(37)22(3)39)18-30(49)42-17-6-5-16-41-26-9-7-8-24(19-47)32(26)36(51)45(4)28-14-15-29(48)44-35(28)50/h7-13,19,27-28,39-41H,5-6,14-18H2,1-4H3,(H,42,49)(H,44,48,50)/t27-,28?/m0/s1. The van der Waals surface area contributed by atoms with Crippen LogP contribution in [0, 0.1) is 24.7 Å². The zero-order valence-electron chi connectivity index (χ0n) is 29.4. The number of nitrogens with zero attached hydrogens (tertiary/aromatic N) is 3. The Morgan fingerprint density at radius 1 is 1.13 bits per heavy atom. The van der Waals surface area contributed by atoms with Gasteiger partial charge in [-0.05, 0) is 63.8 Å². The first-order valence-corrected chi connectivity index (χ1v) is 18.1. The summed E-state index contributed by atoms with van der Waals surface area (Å²) in [6.45, 7) is 6.39. The summed E-state index contributed by atoms with van der Waals surface area (Å²) in [6.07, 6.45) is 2.01. The lowest BCUT2D eigenvalue weighted by atomic mass is 9.99. The maximum atomic E-state index is 13.5. The fourth-order valence-corrected chi connectivity index (χ4v) is 7.61. The molecule has 5 rings (SSSR count). The predicted molar refractivity (Wildman–Crippen MR) is 204 cm³/mol. The number of aliphatic imine (C=N–C) groups is 1. The van der Waals surface area contributed by atoms with Gasteiger partial charge in [-0.3, -0.25) is 50.0 Å². The summed E-state index contributed by atoms with van der Waals surface area (Å²) in [5.74, 6) is -1.54. The molecular formula is C37H41ClN8O5S. The van der Waals surface area contributed by atoms with Crippen LogP contribution in [0.2, 0.25) is 5.02 Å². The molecule has 13 nitrogen and oxygen atoms in total. The average Bonchev–Trinajstić information content (AvgIpc) is 3.33. The van der Waals surface area contributed by atoms with Crippen LogP contribution in [0.4, 0.5) is 10.7 Å². The van der Waals surface area contributed by atoms with Crippen molar-refractivity contribution in [3.8, 4) is 0 Å². The Kier molecular flexibility index (Phi) is 12.0. The summed E-state index contributed by atoms with van der Waals surface area (Å²) in [6, 6.07) is 10.5. The van der Waals surface area contributed by atoms with E-state index in [-0.39, 0.29) is 53.9 Å². The third kappa shape index (κ3) is 8.13. The van der Waals surface area contributed by atoms with E-state index in [0.717, 1.165) is 26.6 Å². The molecule has 0 bridgehead atoms. The van der Waals surface area contributed by atoms with Crippen molar-refractivity contribution >= 4 is 80.9 Å². The third-order valence-corrected chi connectivity index (χ3v) is 10.6. The van der Waals surface area contributed by atoms with Gasteiger partial charge >= 0.3 is 0 Å². The minimum Gasteiger partial charge on any atom is -0.384 e. The average molecular weight is 745 g/mol. The van der Waals surface area contributed by atoms with Crippen LogP contribution in [-0.4, -0.2) is 84.4 Å². The molecule has 2 aliphatic heterocycles. The summed E-state index contributed by atoms with van der Waals surface area (Å²) in [7, 11) is 1.47. The number of rotatable bonds is 12. The minimum atomic E-state index is -0.841. The second-order valence-electron chi connectivity index (χ2n) is 12.7. The fraction of sp³-hybridized carbons (Fsp3) is 0.351. The molecule has 2 aromatic carbocycles. The number of aryl methyl sites for hydroxylation is 1. The Morgan fingerprint density at radius 3 is 2.52 bits per heavy atom. The molecule has 3 heterocycles. The number of benzene rings is 2. The number of halogens is 1. The van der Waals surface area contributed by atoms with E-state index in [9.17, 15) is 24.0 Å². The fourth-order valence-electron chi connectivity index (χ4n) is 6.26. The molecule has 1 fully saturated rings. The molecule has 52 heavy (non-hydrogen) atoms. The summed E-state index contributed by atoms with van der Waals surface area (Å²) in [5.41, 5.74) is 4.02. The first-order valence-electron chi connectivity index (χ1n) is 16.9. The SMILES string of the molecule is CC(=N)N1C(=N)[C@H](CC(=O)NCCCCNc2cccc(C=O)c2C(=O)N(C)C2CCC(=O)NC2=O)N=C(c2ccc(Cl)cc2)c2c1sc(C)c2C. The van der Waals surface area contributed by atoms with Crippen LogP contribution in [0.25, 0.3) is 0 Å². The van der Waals surface area contributed by atoms with E-state index in [2.05, 4.69) is 16.0 Å². The van der Waals surface area contributed by atoms with Crippen molar-refractivity contribution in [2.24, 2.45) is 4.99 Å². The van der Waals surface area contributed by atoms with E-state index >= 15 is 0 Å². The third-order valence-electron chi connectivity index (χ3n) is 9.16. The van der Waals surface area contributed by atoms with E-state index < -0.39 is 23.9 Å². The second-order valence-corrected chi connectivity index (χ2v) is 14.4. The van der Waals surface area contributed by atoms with Gasteiger partial charge in [0.15, 0.2) is 6.29 Å². The Labute approximate surface area is 310 Å². The number of carbonyl (C=O) groups excluding carboxylic acids is 5. The molecule has 15 heteroatoms. The molecule has 4 amide bonds. The number of hydrogen-bond donors (Lipinski definition) is 5. The summed E-state index contributed by atoms with van der Waals surface area (Å²) in [5, 5.41) is 27.3. The maximum absolute atomic E-state index is 13.5. The normalized spacial score (nSPS) is 17.1. The molecule has 1 unspecified atom stereocenters. The smallest absolute Gasteiger partial charge is 0.257 e. The van der Waals surface area contributed by atoms with E-state index in [1.807, 2.05) is 26.0 Å². The van der Waals surface area contributed by atoms with Crippen molar-refractivity contribution in [2.45, 2.75) is 65.0 Å². The number of imide groups is 1. The molecule has 0 spiro atoms. The summed E-state index contributed by atoms with van der Waals surface area (Å²) < 4.78 is 0. The zero-order chi connectivity index (χ0) is 37.7. The first-order chi connectivity index (χ1) is 24.8. The molecular weight excluding hydrogens is 704 g/mol. The van der Waals surface area contributed by atoms with E-state index in [1.54, 1.807) is 36.1 Å². The van der Waals surface area contributed by atoms with Crippen LogP contribution in [0.15, 0.2) is 47.5 Å². The molecule has 2 atom stereocenters. The number of aldehydes is 1. The number of amidine groups is 2. The van der Waals surface area contributed by atoms with E-state index in [0.29, 0.717) is 48.6 Å². The van der Waals surface area contributed by atoms with Gasteiger partial charge in [-0.2, -0.15) is 0 Å². The molecule has 3 aromatic rings. The lowest BCUT2D eigenvalue weighted by molar-refractivity contribution is -0.136. The topological polar surface area (TPSA) is 188 Å². The van der Waals surface area contributed by atoms with Gasteiger partial charge in [0.25, 0.3) is 5.91 Å². The van der Waals surface area contributed by atoms with Crippen LogP contribution in [0.3, 0.4) is 0 Å². The van der Waals surface area contributed by atoms with Crippen molar-refractivity contribution in [2.75, 3.05) is 30.4 Å². The van der Waals surface area contributed by atoms with Crippen molar-refractivity contribution in [3.05, 3.63) is 80.2 Å². The largest absolute Gasteiger partial charge is 0.384 e. The Hall–Kier alpha value is -5.21. The molecule has 1 saturated heterocycles. The van der Waals surface area contributed by atoms with Crippen molar-refractivity contribution < 1.29 is 24.0 Å². The van der Waals surface area contributed by atoms with Gasteiger partial charge in [0.05, 0.1) is 17.7 Å². The molecule has 2 aliphatic rings. The number of unbranched alkanes of at least 4 members (excludes halogenated alkanes) is 1. The second kappa shape index (κ2) is 16.4. The molecule has 272 valence electrons. The summed E-state index contributed by atoms with van der Waals surface area (Å²) >= 11 is 7.67. The van der Waals surface area contributed by atoms with E-state index in [1.165, 1.54) is 29.4 Å². The first kappa shape index (κ1) is 38.0. The number of anilines is 2. The maximum Gasteiger partial charge on any atom is 0.257 e. The molecule has 0 saturated carbocycles. The van der Waals surface area contributed by atoms with Crippen LogP contribution in [-0.2, 0) is 14.4 Å². The molecule has 0 aliphatic carbocycles. The number of amides is 4. The predicted octanol–water partition coefficient (Wildman–Crippen LogP) is 5.11. The molecule has 5 N–H and O–H groups in total. The van der Waals surface area contributed by atoms with Gasteiger partial charge in [-0.1, -0.05) is 35.9 Å². The van der Waals surface area contributed by atoms with Crippen molar-refractivity contribution in [1.82, 2.24) is 15.5 Å². The summed E-state index contributed by atoms with van der Waals surface area (Å²) in [4.78, 5) is 71.5. The Morgan fingerprint density at radius 2 is 1.85 bits per heavy atom. The lowest BCUT2D eigenvalue weighted by Gasteiger charge is -2.30. The zero-order valence-corrected chi connectivity index (χ0v) is 31.0. The number of nitrogens with one attached hydrogen (secondary N) is 5. The van der Waals surface area contributed by atoms with Crippen LogP contribution in [0.5, 0.6) is 0 Å². The number of thiophene rings is 1. The van der Waals surface area contributed by atoms with E-state index in [4.69, 9.17) is 27.4 Å². The van der Waals surface area contributed by atoms with Gasteiger partial charge in [0, 0.05) is 58.8 Å². The number of carbonyl (C=O) groups is 5. The van der Waals surface area contributed by atoms with Crippen molar-refractivity contribution in [3.63, 3.8) is 0 Å². The monoisotopic (exact) mass is 744 g/mol. The van der Waals surface area contributed by atoms with Gasteiger partial charge in [-0.25, -0.2) is 0 Å². The van der Waals surface area contributed by atoms with Gasteiger partial charge in [0.1, 0.15) is 28.8 Å². The number of likely N-dealkylation sites (N-methyl/N-ethyl adjacent to an activating group) is 1. The van der Waals surface area contributed by atoms with Crippen LogP contribution < -0.4 is 20.9 Å². The van der Waals surface area contributed by atoms with Crippen LogP contribution in [0.1, 0.15) is 81.3 Å². The molecule has 0 radical (unpaired) electrons. The highest BCUT2D eigenvalue weighted by atomic mass is 35.5. The highest BCUT2D eigenvalue weighted by molar-refractivity contribution is 7.17. The highest BCUT2D eigenvalue weighted by Gasteiger charge is 2.36.